The summed E-state index contributed by atoms with van der Waals surface area (Å²) in [6.07, 6.45) is 3.83. The fourth-order valence-electron chi connectivity index (χ4n) is 2.37. The van der Waals surface area contributed by atoms with Crippen LogP contribution in [-0.4, -0.2) is 48.0 Å². The average molecular weight is 333 g/mol. The SMILES string of the molecule is CC(C)(C)OC(=O)N1CCC(CNC(=O)CCCCCl)CC1. The predicted octanol–water partition coefficient (Wildman–Crippen LogP) is 3.16. The van der Waals surface area contributed by atoms with Gasteiger partial charge in [0.05, 0.1) is 0 Å². The number of ether oxygens (including phenoxy) is 1. The van der Waals surface area contributed by atoms with Crippen molar-refractivity contribution in [1.82, 2.24) is 10.2 Å². The van der Waals surface area contributed by atoms with E-state index in [0.29, 0.717) is 37.9 Å². The number of piperidine rings is 1. The van der Waals surface area contributed by atoms with Gasteiger partial charge >= 0.3 is 6.09 Å². The summed E-state index contributed by atoms with van der Waals surface area (Å²) in [6, 6.07) is 0. The van der Waals surface area contributed by atoms with E-state index in [1.807, 2.05) is 20.8 Å². The second-order valence-corrected chi connectivity index (χ2v) is 7.24. The van der Waals surface area contributed by atoms with Crippen LogP contribution in [0, 0.1) is 5.92 Å². The summed E-state index contributed by atoms with van der Waals surface area (Å²) in [5, 5.41) is 2.98. The highest BCUT2D eigenvalue weighted by atomic mass is 35.5. The Kier molecular flexibility index (Phi) is 8.01. The van der Waals surface area contributed by atoms with Crippen LogP contribution < -0.4 is 5.32 Å². The maximum Gasteiger partial charge on any atom is 0.410 e. The van der Waals surface area contributed by atoms with E-state index in [2.05, 4.69) is 5.32 Å². The Morgan fingerprint density at radius 3 is 2.41 bits per heavy atom. The smallest absolute Gasteiger partial charge is 0.410 e. The van der Waals surface area contributed by atoms with Gasteiger partial charge in [0.25, 0.3) is 0 Å². The Hall–Kier alpha value is -0.970. The Morgan fingerprint density at radius 1 is 1.23 bits per heavy atom. The number of hydrogen-bond donors (Lipinski definition) is 1. The third kappa shape index (κ3) is 7.87. The number of amides is 2. The van der Waals surface area contributed by atoms with Gasteiger partial charge in [-0.3, -0.25) is 4.79 Å². The molecule has 0 bridgehead atoms. The van der Waals surface area contributed by atoms with Crippen LogP contribution >= 0.6 is 11.6 Å². The average Bonchev–Trinajstić information content (AvgIpc) is 2.44. The zero-order chi connectivity index (χ0) is 16.6. The van der Waals surface area contributed by atoms with Crippen LogP contribution in [0.4, 0.5) is 4.79 Å². The number of carbonyl (C=O) groups is 2. The molecule has 1 aliphatic rings. The van der Waals surface area contributed by atoms with Crippen molar-refractivity contribution in [2.75, 3.05) is 25.5 Å². The normalized spacial score (nSPS) is 16.5. The van der Waals surface area contributed by atoms with Crippen molar-refractivity contribution in [2.24, 2.45) is 5.92 Å². The molecule has 5 nitrogen and oxygen atoms in total. The third-order valence-corrected chi connectivity index (χ3v) is 3.91. The third-order valence-electron chi connectivity index (χ3n) is 3.64. The monoisotopic (exact) mass is 332 g/mol. The summed E-state index contributed by atoms with van der Waals surface area (Å²) < 4.78 is 5.37. The molecule has 0 radical (unpaired) electrons. The standard InChI is InChI=1S/C16H29ClN2O3/c1-16(2,3)22-15(21)19-10-7-13(8-11-19)12-18-14(20)6-4-5-9-17/h13H,4-12H2,1-3H3,(H,18,20). The summed E-state index contributed by atoms with van der Waals surface area (Å²) >= 11 is 5.59. The van der Waals surface area contributed by atoms with E-state index in [9.17, 15) is 9.59 Å². The molecular formula is C16H29ClN2O3. The Labute approximate surface area is 138 Å². The first kappa shape index (κ1) is 19.1. The van der Waals surface area contributed by atoms with Gasteiger partial charge in [0.15, 0.2) is 0 Å². The van der Waals surface area contributed by atoms with Gasteiger partial charge in [0, 0.05) is 31.9 Å². The van der Waals surface area contributed by atoms with Gasteiger partial charge in [-0.05, 0) is 52.4 Å². The van der Waals surface area contributed by atoms with Gasteiger partial charge in [-0.25, -0.2) is 4.79 Å². The molecule has 1 rings (SSSR count). The van der Waals surface area contributed by atoms with Crippen molar-refractivity contribution in [3.05, 3.63) is 0 Å². The number of hydrogen-bond acceptors (Lipinski definition) is 3. The van der Waals surface area contributed by atoms with Crippen molar-refractivity contribution < 1.29 is 14.3 Å². The number of alkyl halides is 1. The molecular weight excluding hydrogens is 304 g/mol. The van der Waals surface area contributed by atoms with Crippen LogP contribution in [0.25, 0.3) is 0 Å². The van der Waals surface area contributed by atoms with Gasteiger partial charge in [-0.2, -0.15) is 0 Å². The van der Waals surface area contributed by atoms with Crippen LogP contribution in [-0.2, 0) is 9.53 Å². The van der Waals surface area contributed by atoms with E-state index in [1.165, 1.54) is 0 Å². The molecule has 6 heteroatoms. The number of rotatable bonds is 6. The second-order valence-electron chi connectivity index (χ2n) is 6.86. The molecule has 0 aromatic carbocycles. The first-order valence-electron chi connectivity index (χ1n) is 8.12. The number of nitrogens with zero attached hydrogens (tertiary/aromatic N) is 1. The lowest BCUT2D eigenvalue weighted by molar-refractivity contribution is -0.121. The van der Waals surface area contributed by atoms with E-state index in [4.69, 9.17) is 16.3 Å². The van der Waals surface area contributed by atoms with E-state index in [1.54, 1.807) is 4.90 Å². The number of nitrogens with one attached hydrogen (secondary N) is 1. The minimum absolute atomic E-state index is 0.0969. The molecule has 1 aliphatic heterocycles. The molecule has 0 spiro atoms. The highest BCUT2D eigenvalue weighted by Gasteiger charge is 2.26. The summed E-state index contributed by atoms with van der Waals surface area (Å²) in [4.78, 5) is 25.4. The van der Waals surface area contributed by atoms with Crippen LogP contribution in [0.15, 0.2) is 0 Å². The number of likely N-dealkylation sites (tertiary alicyclic amines) is 1. The van der Waals surface area contributed by atoms with Crippen molar-refractivity contribution in [1.29, 1.82) is 0 Å². The number of carbonyl (C=O) groups excluding carboxylic acids is 2. The van der Waals surface area contributed by atoms with E-state index in [0.717, 1.165) is 25.7 Å². The molecule has 1 N–H and O–H groups in total. The number of unbranched alkanes of at least 4 members (excludes halogenated alkanes) is 1. The zero-order valence-electron chi connectivity index (χ0n) is 14.0. The van der Waals surface area contributed by atoms with Crippen molar-refractivity contribution in [3.8, 4) is 0 Å². The van der Waals surface area contributed by atoms with Crippen LogP contribution in [0.3, 0.4) is 0 Å². The fourth-order valence-corrected chi connectivity index (χ4v) is 2.56. The second kappa shape index (κ2) is 9.23. The Bertz CT molecular complexity index is 361. The van der Waals surface area contributed by atoms with Crippen molar-refractivity contribution in [3.63, 3.8) is 0 Å². The summed E-state index contributed by atoms with van der Waals surface area (Å²) in [5.41, 5.74) is -0.453. The maximum absolute atomic E-state index is 12.0. The van der Waals surface area contributed by atoms with Crippen molar-refractivity contribution in [2.45, 2.75) is 58.5 Å². The first-order chi connectivity index (χ1) is 10.3. The largest absolute Gasteiger partial charge is 0.444 e. The maximum atomic E-state index is 12.0. The van der Waals surface area contributed by atoms with Gasteiger partial charge < -0.3 is 15.0 Å². The fraction of sp³-hybridized carbons (Fsp3) is 0.875. The summed E-state index contributed by atoms with van der Waals surface area (Å²) in [6.45, 7) is 7.71. The highest BCUT2D eigenvalue weighted by Crippen LogP contribution is 2.19. The molecule has 0 atom stereocenters. The number of halogens is 1. The Morgan fingerprint density at radius 2 is 1.86 bits per heavy atom. The minimum Gasteiger partial charge on any atom is -0.444 e. The molecule has 1 saturated heterocycles. The molecule has 1 heterocycles. The van der Waals surface area contributed by atoms with E-state index >= 15 is 0 Å². The summed E-state index contributed by atoms with van der Waals surface area (Å²) in [5.74, 6) is 1.14. The predicted molar refractivity (Wildman–Crippen MR) is 88.1 cm³/mol. The molecule has 22 heavy (non-hydrogen) atoms. The molecule has 2 amide bonds. The summed E-state index contributed by atoms with van der Waals surface area (Å²) in [7, 11) is 0. The van der Waals surface area contributed by atoms with Crippen molar-refractivity contribution >= 4 is 23.6 Å². The lowest BCUT2D eigenvalue weighted by Crippen LogP contribution is -2.43. The molecule has 0 unspecified atom stereocenters. The van der Waals surface area contributed by atoms with E-state index in [-0.39, 0.29) is 12.0 Å². The van der Waals surface area contributed by atoms with Crippen LogP contribution in [0.2, 0.25) is 0 Å². The molecule has 1 fully saturated rings. The van der Waals surface area contributed by atoms with Gasteiger partial charge in [0.2, 0.25) is 5.91 Å². The van der Waals surface area contributed by atoms with E-state index < -0.39 is 5.60 Å². The van der Waals surface area contributed by atoms with Gasteiger partial charge in [-0.15, -0.1) is 11.6 Å². The van der Waals surface area contributed by atoms with Gasteiger partial charge in [-0.1, -0.05) is 0 Å². The zero-order valence-corrected chi connectivity index (χ0v) is 14.7. The molecule has 0 saturated carbocycles. The lowest BCUT2D eigenvalue weighted by Gasteiger charge is -2.33. The van der Waals surface area contributed by atoms with Gasteiger partial charge in [0.1, 0.15) is 5.60 Å². The minimum atomic E-state index is -0.453. The first-order valence-corrected chi connectivity index (χ1v) is 8.66. The topological polar surface area (TPSA) is 58.6 Å². The molecule has 0 aromatic heterocycles. The highest BCUT2D eigenvalue weighted by molar-refractivity contribution is 6.17. The molecule has 128 valence electrons. The van der Waals surface area contributed by atoms with Crippen LogP contribution in [0.5, 0.6) is 0 Å². The molecule has 0 aliphatic carbocycles. The lowest BCUT2D eigenvalue weighted by atomic mass is 9.97. The quantitative estimate of drug-likeness (QED) is 0.600. The Balaban J connectivity index is 2.20. The van der Waals surface area contributed by atoms with Crippen LogP contribution in [0.1, 0.15) is 52.9 Å². The molecule has 0 aromatic rings.